The molecule has 1 aliphatic heterocycles. The molecule has 0 bridgehead atoms. The predicted molar refractivity (Wildman–Crippen MR) is 189 cm³/mol. The van der Waals surface area contributed by atoms with Gasteiger partial charge in [-0.15, -0.1) is 0 Å². The number of hydrogen-bond acceptors (Lipinski definition) is 6. The van der Waals surface area contributed by atoms with Gasteiger partial charge in [0.05, 0.1) is 13.2 Å². The van der Waals surface area contributed by atoms with Gasteiger partial charge in [-0.1, -0.05) is 99.3 Å². The van der Waals surface area contributed by atoms with Crippen LogP contribution in [0.15, 0.2) is 0 Å². The second-order valence-electron chi connectivity index (χ2n) is 14.6. The summed E-state index contributed by atoms with van der Waals surface area (Å²) in [5.41, 5.74) is 4.27. The van der Waals surface area contributed by atoms with Crippen molar-refractivity contribution in [3.8, 4) is 11.5 Å². The molecule has 1 aliphatic rings. The lowest BCUT2D eigenvalue weighted by atomic mass is 9.83. The minimum absolute atomic E-state index is 0.148. The van der Waals surface area contributed by atoms with Crippen LogP contribution in [-0.2, 0) is 24.6 Å². The monoisotopic (exact) mass is 652 g/mol. The first-order chi connectivity index (χ1) is 21.3. The number of unbranched alkanes of at least 4 members (excludes halogenated alkanes) is 2. The Morgan fingerprint density at radius 3 is 1.87 bits per heavy atom. The molecule has 0 spiro atoms. The number of phosphoric ester groups is 1. The fraction of sp³-hybridized carbons (Fsp3) is 0.842. The van der Waals surface area contributed by atoms with Gasteiger partial charge in [0.1, 0.15) is 17.1 Å². The molecule has 1 aromatic carbocycles. The van der Waals surface area contributed by atoms with Crippen LogP contribution >= 0.6 is 7.82 Å². The second-order valence-corrected chi connectivity index (χ2v) is 16.3. The molecule has 0 aliphatic carbocycles. The zero-order chi connectivity index (χ0) is 33.5. The molecule has 7 heteroatoms. The van der Waals surface area contributed by atoms with Gasteiger partial charge in [0.2, 0.25) is 0 Å². The maximum Gasteiger partial charge on any atom is 0.477 e. The van der Waals surface area contributed by atoms with Crippen molar-refractivity contribution < 1.29 is 27.6 Å². The Morgan fingerprint density at radius 2 is 1.31 bits per heavy atom. The molecule has 0 N–H and O–H groups in total. The molecule has 2 rings (SSSR count). The van der Waals surface area contributed by atoms with Crippen molar-refractivity contribution in [3.63, 3.8) is 0 Å². The van der Waals surface area contributed by atoms with Crippen LogP contribution in [-0.4, -0.2) is 25.6 Å². The molecular weight excluding hydrogens is 583 g/mol. The van der Waals surface area contributed by atoms with Crippen LogP contribution < -0.4 is 9.47 Å². The van der Waals surface area contributed by atoms with Crippen molar-refractivity contribution in [3.05, 3.63) is 22.3 Å². The summed E-state index contributed by atoms with van der Waals surface area (Å²) >= 11 is 0. The number of hydrogen-bond donors (Lipinski definition) is 0. The van der Waals surface area contributed by atoms with E-state index in [1.54, 1.807) is 0 Å². The first-order valence-electron chi connectivity index (χ1n) is 18.3. The lowest BCUT2D eigenvalue weighted by Crippen LogP contribution is -2.37. The smallest absolute Gasteiger partial charge is 0.477 e. The summed E-state index contributed by atoms with van der Waals surface area (Å²) in [5.74, 6) is 4.24. The third-order valence-corrected chi connectivity index (χ3v) is 11.2. The first-order valence-corrected chi connectivity index (χ1v) is 19.8. The summed E-state index contributed by atoms with van der Waals surface area (Å²) in [4.78, 5) is 0. The third kappa shape index (κ3) is 13.9. The van der Waals surface area contributed by atoms with E-state index < -0.39 is 7.82 Å². The second kappa shape index (κ2) is 20.3. The van der Waals surface area contributed by atoms with Gasteiger partial charge in [-0.25, -0.2) is 9.09 Å². The van der Waals surface area contributed by atoms with E-state index in [4.69, 9.17) is 23.0 Å². The first kappa shape index (κ1) is 40.1. The summed E-state index contributed by atoms with van der Waals surface area (Å²) in [6.07, 6.45) is 17.2. The molecule has 262 valence electrons. The van der Waals surface area contributed by atoms with Gasteiger partial charge in [0.25, 0.3) is 0 Å². The van der Waals surface area contributed by atoms with Gasteiger partial charge in [0.15, 0.2) is 6.79 Å². The Morgan fingerprint density at radius 1 is 0.756 bits per heavy atom. The predicted octanol–water partition coefficient (Wildman–Crippen LogP) is 12.2. The largest absolute Gasteiger partial charge is 0.487 e. The van der Waals surface area contributed by atoms with E-state index in [2.05, 4.69) is 69.2 Å². The molecule has 0 saturated heterocycles. The molecule has 6 nitrogen and oxygen atoms in total. The highest BCUT2D eigenvalue weighted by atomic mass is 31.2. The Labute approximate surface area is 277 Å². The van der Waals surface area contributed by atoms with Crippen molar-refractivity contribution in [1.82, 2.24) is 0 Å². The average Bonchev–Trinajstić information content (AvgIpc) is 2.98. The maximum absolute atomic E-state index is 13.2. The summed E-state index contributed by atoms with van der Waals surface area (Å²) in [6, 6.07) is 0. The highest BCUT2D eigenvalue weighted by Crippen LogP contribution is 2.50. The Bertz CT molecular complexity index is 1030. The van der Waals surface area contributed by atoms with Crippen LogP contribution in [0.25, 0.3) is 0 Å². The summed E-state index contributed by atoms with van der Waals surface area (Å²) in [7, 11) is -3.68. The normalized spacial score (nSPS) is 18.1. The summed E-state index contributed by atoms with van der Waals surface area (Å²) in [6.45, 7) is 22.7. The van der Waals surface area contributed by atoms with Crippen molar-refractivity contribution in [1.29, 1.82) is 0 Å². The highest BCUT2D eigenvalue weighted by molar-refractivity contribution is 7.48. The van der Waals surface area contributed by atoms with Gasteiger partial charge in [-0.2, -0.15) is 0 Å². The fourth-order valence-electron chi connectivity index (χ4n) is 6.38. The molecule has 0 saturated carbocycles. The lowest BCUT2D eigenvalue weighted by Gasteiger charge is -2.38. The number of fused-ring (bicyclic) bond motifs is 1. The molecule has 0 amide bonds. The van der Waals surface area contributed by atoms with Crippen LogP contribution in [0.1, 0.15) is 161 Å². The van der Waals surface area contributed by atoms with Gasteiger partial charge in [0, 0.05) is 5.56 Å². The minimum atomic E-state index is -3.68. The van der Waals surface area contributed by atoms with Crippen molar-refractivity contribution >= 4 is 7.82 Å². The highest BCUT2D eigenvalue weighted by Gasteiger charge is 2.35. The summed E-state index contributed by atoms with van der Waals surface area (Å²) < 4.78 is 42.9. The van der Waals surface area contributed by atoms with Crippen LogP contribution in [0.5, 0.6) is 11.5 Å². The molecular formula is C38H69O6P. The van der Waals surface area contributed by atoms with Crippen molar-refractivity contribution in [2.24, 2.45) is 17.8 Å². The molecule has 45 heavy (non-hydrogen) atoms. The van der Waals surface area contributed by atoms with E-state index >= 15 is 0 Å². The molecule has 0 aromatic heterocycles. The molecule has 1 aromatic rings. The Hall–Kier alpha value is -1.07. The lowest BCUT2D eigenvalue weighted by molar-refractivity contribution is 0.0447. The standard InChI is InChI=1S/C38H69O6P/c1-11-13-26-41-45(39,42-27-14-12-2)43-28-40-36-32(7)33(8)37-35(34(36)9)23-25-38(10,44-37)24-17-22-31(6)21-16-20-30(5)19-15-18-29(3)4/h29-31H,11-28H2,1-10H3. The van der Waals surface area contributed by atoms with Gasteiger partial charge in [-0.05, 0) is 101 Å². The quantitative estimate of drug-likeness (QED) is 0.0629. The van der Waals surface area contributed by atoms with E-state index in [9.17, 15) is 4.57 Å². The maximum atomic E-state index is 13.2. The summed E-state index contributed by atoms with van der Waals surface area (Å²) in [5, 5.41) is 0. The Kier molecular flexibility index (Phi) is 18.1. The Balaban J connectivity index is 1.91. The zero-order valence-electron chi connectivity index (χ0n) is 30.9. The SMILES string of the molecule is CCCCOP(=O)(OCCCC)OCOc1c(C)c(C)c2c(c1C)CCC(C)(CCCC(C)CCCC(C)CCCC(C)C)O2. The zero-order valence-corrected chi connectivity index (χ0v) is 31.8. The molecule has 3 atom stereocenters. The van der Waals surface area contributed by atoms with Gasteiger partial charge in [-0.3, -0.25) is 9.05 Å². The molecule has 1 heterocycles. The van der Waals surface area contributed by atoms with Crippen LogP contribution in [0.3, 0.4) is 0 Å². The van der Waals surface area contributed by atoms with E-state index in [0.717, 1.165) is 90.9 Å². The van der Waals surface area contributed by atoms with Crippen molar-refractivity contribution in [2.45, 2.75) is 171 Å². The third-order valence-electron chi connectivity index (χ3n) is 9.75. The van der Waals surface area contributed by atoms with Crippen LogP contribution in [0, 0.1) is 38.5 Å². The average molecular weight is 653 g/mol. The molecule has 3 unspecified atom stereocenters. The molecule has 0 radical (unpaired) electrons. The van der Waals surface area contributed by atoms with E-state index in [1.165, 1.54) is 56.9 Å². The minimum Gasteiger partial charge on any atom is -0.487 e. The van der Waals surface area contributed by atoms with Gasteiger partial charge < -0.3 is 9.47 Å². The van der Waals surface area contributed by atoms with Crippen LogP contribution in [0.4, 0.5) is 0 Å². The fourth-order valence-corrected chi connectivity index (χ4v) is 7.49. The topological polar surface area (TPSA) is 63.2 Å². The van der Waals surface area contributed by atoms with E-state index in [0.29, 0.717) is 13.2 Å². The van der Waals surface area contributed by atoms with Gasteiger partial charge >= 0.3 is 7.82 Å². The van der Waals surface area contributed by atoms with Crippen molar-refractivity contribution in [2.75, 3.05) is 20.0 Å². The number of phosphoric acid groups is 1. The van der Waals surface area contributed by atoms with Crippen LogP contribution in [0.2, 0.25) is 0 Å². The number of ether oxygens (including phenoxy) is 2. The number of rotatable bonds is 24. The molecule has 0 fully saturated rings. The van der Waals surface area contributed by atoms with E-state index in [-0.39, 0.29) is 12.4 Å². The van der Waals surface area contributed by atoms with E-state index in [1.807, 2.05) is 0 Å². The number of benzene rings is 1.